The van der Waals surface area contributed by atoms with Crippen molar-refractivity contribution in [2.75, 3.05) is 11.5 Å². The first-order valence-electron chi connectivity index (χ1n) is 9.70. The molecule has 0 amide bonds. The van der Waals surface area contributed by atoms with Gasteiger partial charge in [-0.2, -0.15) is 5.10 Å². The summed E-state index contributed by atoms with van der Waals surface area (Å²) < 4.78 is 41.5. The maximum atomic E-state index is 13.3. The minimum Gasteiger partial charge on any atom is -0.303 e. The van der Waals surface area contributed by atoms with Gasteiger partial charge in [-0.25, -0.2) is 17.5 Å². The second kappa shape index (κ2) is 8.41. The fraction of sp³-hybridized carbons (Fsp3) is 0.333. The quantitative estimate of drug-likeness (QED) is 0.543. The van der Waals surface area contributed by atoms with Crippen LogP contribution in [0.3, 0.4) is 0 Å². The van der Waals surface area contributed by atoms with Crippen molar-refractivity contribution in [2.45, 2.75) is 25.7 Å². The fourth-order valence-corrected chi connectivity index (χ4v) is 5.72. The van der Waals surface area contributed by atoms with Crippen molar-refractivity contribution in [3.05, 3.63) is 70.7 Å². The third-order valence-corrected chi connectivity index (χ3v) is 7.65. The summed E-state index contributed by atoms with van der Waals surface area (Å²) >= 11 is 5.59. The zero-order valence-corrected chi connectivity index (χ0v) is 18.2. The molecule has 158 valence electrons. The zero-order chi connectivity index (χ0) is 21.3. The Kier molecular flexibility index (Phi) is 5.86. The highest BCUT2D eigenvalue weighted by atomic mass is 32.2. The van der Waals surface area contributed by atoms with Crippen LogP contribution in [0.4, 0.5) is 4.39 Å². The summed E-state index contributed by atoms with van der Waals surface area (Å²) in [5.41, 5.74) is 1.87. The van der Waals surface area contributed by atoms with Gasteiger partial charge in [-0.15, -0.1) is 0 Å². The average Bonchev–Trinajstić information content (AvgIpc) is 3.23. The first kappa shape index (κ1) is 20.9. The van der Waals surface area contributed by atoms with Crippen molar-refractivity contribution in [1.82, 2.24) is 19.2 Å². The summed E-state index contributed by atoms with van der Waals surface area (Å²) in [6.45, 7) is 0.980. The van der Waals surface area contributed by atoms with Crippen LogP contribution in [-0.4, -0.2) is 45.2 Å². The van der Waals surface area contributed by atoms with Crippen LogP contribution in [0.25, 0.3) is 11.4 Å². The molecule has 6 nitrogen and oxygen atoms in total. The second-order valence-corrected chi connectivity index (χ2v) is 10.2. The molecule has 4 rings (SSSR count). The van der Waals surface area contributed by atoms with Crippen LogP contribution < -0.4 is 0 Å². The summed E-state index contributed by atoms with van der Waals surface area (Å²) in [7, 11) is -1.20. The average molecular weight is 447 g/mol. The number of hydrogen-bond acceptors (Lipinski definition) is 5. The predicted octanol–water partition coefficient (Wildman–Crippen LogP) is 3.40. The largest absolute Gasteiger partial charge is 0.303 e. The number of halogens is 1. The number of rotatable bonds is 6. The molecule has 1 aliphatic heterocycles. The van der Waals surface area contributed by atoms with E-state index in [4.69, 9.17) is 12.2 Å². The maximum absolute atomic E-state index is 13.3. The van der Waals surface area contributed by atoms with E-state index in [0.717, 1.165) is 11.1 Å². The molecule has 3 aromatic rings. The molecule has 0 unspecified atom stereocenters. The summed E-state index contributed by atoms with van der Waals surface area (Å²) in [6, 6.07) is 16.0. The highest BCUT2D eigenvalue weighted by Crippen LogP contribution is 2.22. The van der Waals surface area contributed by atoms with Gasteiger partial charge in [-0.1, -0.05) is 30.3 Å². The minimum atomic E-state index is -3.02. The summed E-state index contributed by atoms with van der Waals surface area (Å²) in [5, 5.41) is 4.66. The molecule has 1 aromatic heterocycles. The molecule has 0 N–H and O–H groups in total. The van der Waals surface area contributed by atoms with Gasteiger partial charge >= 0.3 is 0 Å². The van der Waals surface area contributed by atoms with E-state index in [9.17, 15) is 12.8 Å². The van der Waals surface area contributed by atoms with Crippen molar-refractivity contribution >= 4 is 22.1 Å². The van der Waals surface area contributed by atoms with Gasteiger partial charge in [0.25, 0.3) is 0 Å². The highest BCUT2D eigenvalue weighted by Gasteiger charge is 2.32. The SMILES string of the molecule is Cn1c(-c2ccc(F)cc2)nn(CN(Cc2ccccc2)[C@H]2CCS(=O)(=O)C2)c1=S. The van der Waals surface area contributed by atoms with Crippen molar-refractivity contribution in [2.24, 2.45) is 7.05 Å². The molecule has 0 saturated carbocycles. The van der Waals surface area contributed by atoms with Crippen LogP contribution >= 0.6 is 12.2 Å². The predicted molar refractivity (Wildman–Crippen MR) is 116 cm³/mol. The fourth-order valence-electron chi connectivity index (χ4n) is 3.78. The van der Waals surface area contributed by atoms with E-state index < -0.39 is 9.84 Å². The lowest BCUT2D eigenvalue weighted by atomic mass is 10.1. The molecule has 1 saturated heterocycles. The monoisotopic (exact) mass is 446 g/mol. The minimum absolute atomic E-state index is 0.0895. The van der Waals surface area contributed by atoms with Crippen molar-refractivity contribution in [3.8, 4) is 11.4 Å². The van der Waals surface area contributed by atoms with E-state index in [1.165, 1.54) is 12.1 Å². The van der Waals surface area contributed by atoms with Crippen LogP contribution in [0.2, 0.25) is 0 Å². The third kappa shape index (κ3) is 4.53. The second-order valence-electron chi connectivity index (χ2n) is 7.60. The standard InChI is InChI=1S/C21H23FN4O2S2/c1-24-20(17-7-9-18(22)10-8-17)23-26(21(24)29)15-25(13-16-5-3-2-4-6-16)19-11-12-30(27,28)14-19/h2-10,19H,11-15H2,1H3/t19-/m0/s1. The van der Waals surface area contributed by atoms with Crippen molar-refractivity contribution in [1.29, 1.82) is 0 Å². The number of sulfone groups is 1. The smallest absolute Gasteiger partial charge is 0.199 e. The lowest BCUT2D eigenvalue weighted by Crippen LogP contribution is -2.37. The normalized spacial score (nSPS) is 18.2. The van der Waals surface area contributed by atoms with Gasteiger partial charge in [-0.3, -0.25) is 4.90 Å². The van der Waals surface area contributed by atoms with Gasteiger partial charge in [0.1, 0.15) is 5.82 Å². The Morgan fingerprint density at radius 2 is 1.87 bits per heavy atom. The van der Waals surface area contributed by atoms with E-state index >= 15 is 0 Å². The molecule has 2 aromatic carbocycles. The van der Waals surface area contributed by atoms with Crippen LogP contribution in [0.1, 0.15) is 12.0 Å². The van der Waals surface area contributed by atoms with E-state index in [1.54, 1.807) is 21.4 Å². The molecule has 1 aliphatic rings. The molecule has 0 aliphatic carbocycles. The number of benzene rings is 2. The van der Waals surface area contributed by atoms with Gasteiger partial charge in [0.05, 0.1) is 18.2 Å². The van der Waals surface area contributed by atoms with Gasteiger partial charge in [0, 0.05) is 25.2 Å². The Morgan fingerprint density at radius 3 is 2.50 bits per heavy atom. The lowest BCUT2D eigenvalue weighted by Gasteiger charge is -2.27. The Labute approximate surface area is 180 Å². The molecule has 2 heterocycles. The Hall–Kier alpha value is -2.36. The van der Waals surface area contributed by atoms with E-state index in [2.05, 4.69) is 10.00 Å². The van der Waals surface area contributed by atoms with Gasteiger partial charge in [0.2, 0.25) is 0 Å². The summed E-state index contributed by atoms with van der Waals surface area (Å²) in [4.78, 5) is 2.12. The number of hydrogen-bond donors (Lipinski definition) is 0. The lowest BCUT2D eigenvalue weighted by molar-refractivity contribution is 0.146. The van der Waals surface area contributed by atoms with Crippen LogP contribution in [0, 0.1) is 10.6 Å². The zero-order valence-electron chi connectivity index (χ0n) is 16.6. The third-order valence-electron chi connectivity index (χ3n) is 5.41. The first-order chi connectivity index (χ1) is 14.3. The molecule has 0 spiro atoms. The highest BCUT2D eigenvalue weighted by molar-refractivity contribution is 7.91. The van der Waals surface area contributed by atoms with Gasteiger partial charge in [0.15, 0.2) is 20.4 Å². The number of aromatic nitrogens is 3. The molecular weight excluding hydrogens is 423 g/mol. The van der Waals surface area contributed by atoms with Gasteiger partial charge in [-0.05, 0) is 48.5 Å². The number of nitrogens with zero attached hydrogens (tertiary/aromatic N) is 4. The molecule has 0 radical (unpaired) electrons. The Morgan fingerprint density at radius 1 is 1.17 bits per heavy atom. The Bertz CT molecular complexity index is 1190. The van der Waals surface area contributed by atoms with E-state index in [-0.39, 0.29) is 23.4 Å². The maximum Gasteiger partial charge on any atom is 0.199 e. The van der Waals surface area contributed by atoms with E-state index in [0.29, 0.717) is 30.2 Å². The molecule has 0 bridgehead atoms. The summed E-state index contributed by atoms with van der Waals surface area (Å²) in [6.07, 6.45) is 0.597. The topological polar surface area (TPSA) is 60.1 Å². The summed E-state index contributed by atoms with van der Waals surface area (Å²) in [5.74, 6) is 0.678. The van der Waals surface area contributed by atoms with Crippen LogP contribution in [0.5, 0.6) is 0 Å². The first-order valence-corrected chi connectivity index (χ1v) is 11.9. The molecular formula is C21H23FN4O2S2. The molecule has 1 atom stereocenters. The van der Waals surface area contributed by atoms with Gasteiger partial charge < -0.3 is 4.57 Å². The van der Waals surface area contributed by atoms with Crippen molar-refractivity contribution < 1.29 is 12.8 Å². The van der Waals surface area contributed by atoms with Crippen LogP contribution in [0.15, 0.2) is 54.6 Å². The molecule has 1 fully saturated rings. The van der Waals surface area contributed by atoms with Crippen LogP contribution in [-0.2, 0) is 30.1 Å². The Balaban J connectivity index is 1.65. The molecule has 9 heteroatoms. The van der Waals surface area contributed by atoms with Crippen molar-refractivity contribution in [3.63, 3.8) is 0 Å². The van der Waals surface area contributed by atoms with E-state index in [1.807, 2.05) is 37.4 Å². The molecule has 30 heavy (non-hydrogen) atoms.